The van der Waals surface area contributed by atoms with Crippen molar-refractivity contribution in [2.24, 2.45) is 5.92 Å². The quantitative estimate of drug-likeness (QED) is 0.779. The van der Waals surface area contributed by atoms with E-state index in [9.17, 15) is 14.0 Å². The molecule has 2 aliphatic heterocycles. The van der Waals surface area contributed by atoms with Crippen molar-refractivity contribution in [1.29, 1.82) is 0 Å². The summed E-state index contributed by atoms with van der Waals surface area (Å²) in [4.78, 5) is 29.7. The molecule has 0 bridgehead atoms. The molecule has 3 fully saturated rings. The van der Waals surface area contributed by atoms with E-state index in [1.165, 1.54) is 6.07 Å². The first-order valence-corrected chi connectivity index (χ1v) is 10.5. The van der Waals surface area contributed by atoms with Gasteiger partial charge in [-0.25, -0.2) is 4.39 Å². The smallest absolute Gasteiger partial charge is 0.245 e. The molecule has 152 valence electrons. The Kier molecular flexibility index (Phi) is 5.67. The minimum Gasteiger partial charge on any atom is -0.378 e. The summed E-state index contributed by atoms with van der Waals surface area (Å²) < 4.78 is 19.0. The van der Waals surface area contributed by atoms with E-state index in [-0.39, 0.29) is 29.6 Å². The number of carbonyl (C=O) groups excluding carboxylic acids is 2. The molecular weight excluding hydrogens is 359 g/mol. The van der Waals surface area contributed by atoms with Gasteiger partial charge in [0.1, 0.15) is 11.9 Å². The molecule has 2 heterocycles. The lowest BCUT2D eigenvalue weighted by atomic mass is 9.89. The number of hydrogen-bond acceptors (Lipinski definition) is 3. The normalized spacial score (nSPS) is 23.7. The molecule has 1 unspecified atom stereocenters. The Bertz CT molecular complexity index is 743. The lowest BCUT2D eigenvalue weighted by Gasteiger charge is -2.33. The Morgan fingerprint density at radius 1 is 1.18 bits per heavy atom. The fourth-order valence-corrected chi connectivity index (χ4v) is 4.58. The van der Waals surface area contributed by atoms with Crippen LogP contribution in [0.3, 0.4) is 0 Å². The highest BCUT2D eigenvalue weighted by atomic mass is 19.1. The largest absolute Gasteiger partial charge is 0.378 e. The number of ether oxygens (including phenoxy) is 1. The van der Waals surface area contributed by atoms with Crippen molar-refractivity contribution in [3.05, 3.63) is 35.1 Å². The fraction of sp³-hybridized carbons (Fsp3) is 0.636. The predicted molar refractivity (Wildman–Crippen MR) is 103 cm³/mol. The van der Waals surface area contributed by atoms with Gasteiger partial charge in [-0.05, 0) is 61.6 Å². The van der Waals surface area contributed by atoms with Gasteiger partial charge in [0, 0.05) is 26.1 Å². The zero-order valence-corrected chi connectivity index (χ0v) is 16.5. The minimum atomic E-state index is -0.333. The molecular formula is C22H29FN2O3. The van der Waals surface area contributed by atoms with E-state index >= 15 is 0 Å². The van der Waals surface area contributed by atoms with Crippen LogP contribution in [0.1, 0.15) is 49.1 Å². The second kappa shape index (κ2) is 8.19. The van der Waals surface area contributed by atoms with Crippen molar-refractivity contribution in [3.63, 3.8) is 0 Å². The second-order valence-corrected chi connectivity index (χ2v) is 8.34. The van der Waals surface area contributed by atoms with Gasteiger partial charge in [-0.1, -0.05) is 12.1 Å². The second-order valence-electron chi connectivity index (χ2n) is 8.34. The topological polar surface area (TPSA) is 49.9 Å². The number of amides is 2. The summed E-state index contributed by atoms with van der Waals surface area (Å²) in [6.45, 7) is 4.77. The molecule has 2 saturated heterocycles. The first-order valence-electron chi connectivity index (χ1n) is 10.5. The van der Waals surface area contributed by atoms with Crippen LogP contribution in [0, 0.1) is 18.7 Å². The van der Waals surface area contributed by atoms with Gasteiger partial charge in [-0.3, -0.25) is 9.59 Å². The van der Waals surface area contributed by atoms with Gasteiger partial charge >= 0.3 is 0 Å². The van der Waals surface area contributed by atoms with Gasteiger partial charge in [0.15, 0.2) is 0 Å². The van der Waals surface area contributed by atoms with Crippen LogP contribution in [0.25, 0.3) is 0 Å². The zero-order chi connectivity index (χ0) is 19.7. The average molecular weight is 388 g/mol. The molecule has 28 heavy (non-hydrogen) atoms. The molecule has 3 aliphatic rings. The van der Waals surface area contributed by atoms with Crippen LogP contribution in [-0.2, 0) is 14.3 Å². The number of carbonyl (C=O) groups is 2. The van der Waals surface area contributed by atoms with Crippen molar-refractivity contribution in [1.82, 2.24) is 9.80 Å². The van der Waals surface area contributed by atoms with Gasteiger partial charge in [-0.15, -0.1) is 0 Å². The van der Waals surface area contributed by atoms with Crippen LogP contribution in [0.5, 0.6) is 0 Å². The van der Waals surface area contributed by atoms with E-state index in [1.807, 2.05) is 17.0 Å². The third-order valence-electron chi connectivity index (χ3n) is 6.38. The summed E-state index contributed by atoms with van der Waals surface area (Å²) in [5.74, 6) is 0.523. The Labute approximate surface area is 165 Å². The van der Waals surface area contributed by atoms with Gasteiger partial charge < -0.3 is 14.5 Å². The summed E-state index contributed by atoms with van der Waals surface area (Å²) in [6, 6.07) is 4.87. The first kappa shape index (κ1) is 19.4. The Balaban J connectivity index is 1.46. The molecule has 1 saturated carbocycles. The molecule has 0 aromatic heterocycles. The highest BCUT2D eigenvalue weighted by molar-refractivity contribution is 5.88. The SMILES string of the molecule is Cc1cc(C(CC(=O)N2CCC[C@H]2C(=O)N2CCOCC2)C2CC2)ccc1F. The zero-order valence-electron chi connectivity index (χ0n) is 16.5. The highest BCUT2D eigenvalue weighted by Crippen LogP contribution is 2.45. The molecule has 4 rings (SSSR count). The fourth-order valence-electron chi connectivity index (χ4n) is 4.58. The van der Waals surface area contributed by atoms with Crippen molar-refractivity contribution >= 4 is 11.8 Å². The van der Waals surface area contributed by atoms with Crippen molar-refractivity contribution < 1.29 is 18.7 Å². The maximum Gasteiger partial charge on any atom is 0.245 e. The summed E-state index contributed by atoms with van der Waals surface area (Å²) >= 11 is 0. The Morgan fingerprint density at radius 3 is 2.61 bits per heavy atom. The molecule has 1 aromatic carbocycles. The third-order valence-corrected chi connectivity index (χ3v) is 6.38. The average Bonchev–Trinajstić information content (AvgIpc) is 3.43. The van der Waals surface area contributed by atoms with Gasteiger partial charge in [0.2, 0.25) is 11.8 Å². The third kappa shape index (κ3) is 4.07. The first-order chi connectivity index (χ1) is 13.5. The van der Waals surface area contributed by atoms with E-state index < -0.39 is 0 Å². The maximum absolute atomic E-state index is 13.7. The number of nitrogens with zero attached hydrogens (tertiary/aromatic N) is 2. The van der Waals surface area contributed by atoms with E-state index in [0.29, 0.717) is 50.8 Å². The molecule has 0 spiro atoms. The van der Waals surface area contributed by atoms with Gasteiger partial charge in [0.05, 0.1) is 13.2 Å². The lowest BCUT2D eigenvalue weighted by molar-refractivity contribution is -0.146. The van der Waals surface area contributed by atoms with Crippen LogP contribution < -0.4 is 0 Å². The van der Waals surface area contributed by atoms with Crippen molar-refractivity contribution in [2.45, 2.75) is 51.0 Å². The molecule has 1 aromatic rings. The van der Waals surface area contributed by atoms with Crippen LogP contribution in [0.2, 0.25) is 0 Å². The monoisotopic (exact) mass is 388 g/mol. The Morgan fingerprint density at radius 2 is 1.93 bits per heavy atom. The van der Waals surface area contributed by atoms with Crippen molar-refractivity contribution in [3.8, 4) is 0 Å². The van der Waals surface area contributed by atoms with Crippen LogP contribution in [-0.4, -0.2) is 60.5 Å². The number of benzene rings is 1. The predicted octanol–water partition coefficient (Wildman–Crippen LogP) is 2.87. The molecule has 2 amide bonds. The molecule has 1 aliphatic carbocycles. The highest BCUT2D eigenvalue weighted by Gasteiger charge is 2.40. The van der Waals surface area contributed by atoms with Gasteiger partial charge in [-0.2, -0.15) is 0 Å². The summed E-state index contributed by atoms with van der Waals surface area (Å²) in [5, 5.41) is 0. The standard InChI is InChI=1S/C22H29FN2O3/c1-15-13-17(6-7-19(15)23)18(16-4-5-16)14-21(26)25-8-2-3-20(25)22(27)24-9-11-28-12-10-24/h6-7,13,16,18,20H,2-5,8-12,14H2,1H3/t18?,20-/m0/s1. The molecule has 2 atom stereocenters. The number of likely N-dealkylation sites (tertiary alicyclic amines) is 1. The van der Waals surface area contributed by atoms with Crippen LogP contribution in [0.15, 0.2) is 18.2 Å². The summed E-state index contributed by atoms with van der Waals surface area (Å²) in [5.41, 5.74) is 1.67. The van der Waals surface area contributed by atoms with Crippen molar-refractivity contribution in [2.75, 3.05) is 32.8 Å². The summed E-state index contributed by atoms with van der Waals surface area (Å²) in [6.07, 6.45) is 4.25. The van der Waals surface area contributed by atoms with Crippen LogP contribution in [0.4, 0.5) is 4.39 Å². The number of morpholine rings is 1. The van der Waals surface area contributed by atoms with E-state index in [0.717, 1.165) is 31.2 Å². The van der Waals surface area contributed by atoms with E-state index in [4.69, 9.17) is 4.74 Å². The molecule has 0 radical (unpaired) electrons. The van der Waals surface area contributed by atoms with Gasteiger partial charge in [0.25, 0.3) is 0 Å². The molecule has 0 N–H and O–H groups in total. The van der Waals surface area contributed by atoms with E-state index in [1.54, 1.807) is 11.8 Å². The maximum atomic E-state index is 13.7. The number of rotatable bonds is 5. The summed E-state index contributed by atoms with van der Waals surface area (Å²) in [7, 11) is 0. The number of aryl methyl sites for hydroxylation is 1. The van der Waals surface area contributed by atoms with Crippen LogP contribution >= 0.6 is 0 Å². The molecule has 5 nitrogen and oxygen atoms in total. The lowest BCUT2D eigenvalue weighted by Crippen LogP contribution is -2.51. The molecule has 6 heteroatoms. The number of halogens is 1. The minimum absolute atomic E-state index is 0.0583. The van der Waals surface area contributed by atoms with E-state index in [2.05, 4.69) is 0 Å². The Hall–Kier alpha value is -1.95. The number of hydrogen-bond donors (Lipinski definition) is 0.